The number of nitrogens with zero attached hydrogens (tertiary/aromatic N) is 3. The number of rotatable bonds is 5. The van der Waals surface area contributed by atoms with Gasteiger partial charge in [0.05, 0.1) is 11.5 Å². The molecule has 0 aliphatic rings. The molecule has 112 valence electrons. The molecule has 22 heavy (non-hydrogen) atoms. The molecule has 5 nitrogen and oxygen atoms in total. The van der Waals surface area contributed by atoms with Crippen LogP contribution in [-0.2, 0) is 0 Å². The maximum atomic E-state index is 10.3. The van der Waals surface area contributed by atoms with Crippen LogP contribution in [0.4, 0.5) is 5.82 Å². The number of benzene rings is 1. The number of anilines is 1. The maximum absolute atomic E-state index is 10.3. The second kappa shape index (κ2) is 6.72. The third kappa shape index (κ3) is 3.18. The summed E-state index contributed by atoms with van der Waals surface area (Å²) >= 11 is 1.68. The fraction of sp³-hybridized carbons (Fsp3) is 0.188. The molecule has 0 fully saturated rings. The monoisotopic (exact) mass is 312 g/mol. The van der Waals surface area contributed by atoms with Crippen molar-refractivity contribution >= 4 is 28.6 Å². The molecule has 2 aromatic heterocycles. The summed E-state index contributed by atoms with van der Waals surface area (Å²) in [5, 5.41) is 14.3. The smallest absolute Gasteiger partial charge is 0.164 e. The summed E-state index contributed by atoms with van der Waals surface area (Å²) in [7, 11) is 0. The Morgan fingerprint density at radius 3 is 2.73 bits per heavy atom. The van der Waals surface area contributed by atoms with Crippen molar-refractivity contribution in [1.82, 2.24) is 15.0 Å². The summed E-state index contributed by atoms with van der Waals surface area (Å²) in [6.07, 6.45) is 4.59. The summed E-state index contributed by atoms with van der Waals surface area (Å²) in [6.45, 7) is 0.375. The fourth-order valence-electron chi connectivity index (χ4n) is 2.17. The van der Waals surface area contributed by atoms with Gasteiger partial charge in [-0.2, -0.15) is 0 Å². The highest BCUT2D eigenvalue weighted by Crippen LogP contribution is 2.21. The highest BCUT2D eigenvalue weighted by atomic mass is 32.2. The Bertz CT molecular complexity index is 758. The van der Waals surface area contributed by atoms with Crippen LogP contribution in [0.3, 0.4) is 0 Å². The van der Waals surface area contributed by atoms with Gasteiger partial charge >= 0.3 is 0 Å². The number of aromatic nitrogens is 3. The van der Waals surface area contributed by atoms with Gasteiger partial charge in [-0.15, -0.1) is 11.8 Å². The van der Waals surface area contributed by atoms with E-state index < -0.39 is 6.10 Å². The molecule has 2 heterocycles. The second-order valence-electron chi connectivity index (χ2n) is 4.77. The molecule has 3 rings (SSSR count). The summed E-state index contributed by atoms with van der Waals surface area (Å²) in [5.74, 6) is 0.679. The first-order chi connectivity index (χ1) is 10.8. The Balaban J connectivity index is 1.73. The number of aliphatic hydroxyl groups is 1. The van der Waals surface area contributed by atoms with E-state index in [2.05, 4.69) is 20.3 Å². The molecule has 2 N–H and O–H groups in total. The van der Waals surface area contributed by atoms with Crippen LogP contribution in [0.2, 0.25) is 0 Å². The molecule has 6 heteroatoms. The summed E-state index contributed by atoms with van der Waals surface area (Å²) < 4.78 is 0. The van der Waals surface area contributed by atoms with Crippen LogP contribution in [0.5, 0.6) is 0 Å². The molecular weight excluding hydrogens is 296 g/mol. The molecule has 0 saturated carbocycles. The molecule has 3 aromatic rings. The zero-order valence-electron chi connectivity index (χ0n) is 12.1. The van der Waals surface area contributed by atoms with Crippen molar-refractivity contribution in [3.05, 3.63) is 54.5 Å². The van der Waals surface area contributed by atoms with Gasteiger partial charge in [0.15, 0.2) is 5.65 Å². The molecule has 0 spiro atoms. The van der Waals surface area contributed by atoms with E-state index >= 15 is 0 Å². The van der Waals surface area contributed by atoms with Crippen molar-refractivity contribution in [2.45, 2.75) is 11.0 Å². The van der Waals surface area contributed by atoms with Crippen molar-refractivity contribution in [3.8, 4) is 0 Å². The van der Waals surface area contributed by atoms with E-state index in [-0.39, 0.29) is 0 Å². The lowest BCUT2D eigenvalue weighted by Crippen LogP contribution is -2.13. The third-order valence-electron chi connectivity index (χ3n) is 3.37. The first-order valence-electron chi connectivity index (χ1n) is 6.89. The zero-order chi connectivity index (χ0) is 15.4. The zero-order valence-corrected chi connectivity index (χ0v) is 12.9. The number of hydrogen-bond acceptors (Lipinski definition) is 6. The Morgan fingerprint density at radius 1 is 1.14 bits per heavy atom. The highest BCUT2D eigenvalue weighted by Gasteiger charge is 2.09. The van der Waals surface area contributed by atoms with Crippen LogP contribution in [0.1, 0.15) is 11.7 Å². The molecule has 1 unspecified atom stereocenters. The Kier molecular flexibility index (Phi) is 4.50. The lowest BCUT2D eigenvalue weighted by atomic mass is 10.1. The minimum Gasteiger partial charge on any atom is -0.387 e. The Hall–Kier alpha value is -2.18. The third-order valence-corrected chi connectivity index (χ3v) is 4.12. The van der Waals surface area contributed by atoms with E-state index in [1.165, 1.54) is 11.2 Å². The number of hydrogen-bond donors (Lipinski definition) is 2. The lowest BCUT2D eigenvalue weighted by molar-refractivity contribution is 0.191. The van der Waals surface area contributed by atoms with E-state index in [4.69, 9.17) is 0 Å². The molecule has 0 amide bonds. The molecule has 0 aliphatic heterocycles. The van der Waals surface area contributed by atoms with Crippen molar-refractivity contribution in [3.63, 3.8) is 0 Å². The number of aliphatic hydroxyl groups excluding tert-OH is 1. The van der Waals surface area contributed by atoms with E-state index in [0.717, 1.165) is 10.9 Å². The lowest BCUT2D eigenvalue weighted by Gasteiger charge is -2.14. The average Bonchev–Trinajstić information content (AvgIpc) is 2.59. The molecule has 1 aromatic carbocycles. The van der Waals surface area contributed by atoms with E-state index in [1.807, 2.05) is 42.7 Å². The van der Waals surface area contributed by atoms with Crippen LogP contribution >= 0.6 is 11.8 Å². The number of nitrogens with one attached hydrogen (secondary N) is 1. The van der Waals surface area contributed by atoms with Crippen molar-refractivity contribution in [1.29, 1.82) is 0 Å². The van der Waals surface area contributed by atoms with Crippen molar-refractivity contribution < 1.29 is 5.11 Å². The Labute approximate surface area is 132 Å². The summed E-state index contributed by atoms with van der Waals surface area (Å²) in [5.41, 5.74) is 1.51. The first kappa shape index (κ1) is 14.7. The van der Waals surface area contributed by atoms with Crippen LogP contribution in [0, 0.1) is 0 Å². The molecule has 0 radical (unpaired) electrons. The van der Waals surface area contributed by atoms with Gasteiger partial charge in [0, 0.05) is 17.6 Å². The second-order valence-corrected chi connectivity index (χ2v) is 5.65. The first-order valence-corrected chi connectivity index (χ1v) is 8.12. The summed E-state index contributed by atoms with van der Waals surface area (Å²) in [4.78, 5) is 13.7. The van der Waals surface area contributed by atoms with Gasteiger partial charge in [-0.3, -0.25) is 0 Å². The highest BCUT2D eigenvalue weighted by molar-refractivity contribution is 7.98. The molecule has 1 atom stereocenters. The predicted molar refractivity (Wildman–Crippen MR) is 89.0 cm³/mol. The molecule has 0 saturated heterocycles. The van der Waals surface area contributed by atoms with Crippen molar-refractivity contribution in [2.75, 3.05) is 18.1 Å². The predicted octanol–water partition coefficient (Wildman–Crippen LogP) is 2.89. The normalized spacial score (nSPS) is 12.3. The average molecular weight is 312 g/mol. The van der Waals surface area contributed by atoms with Crippen LogP contribution < -0.4 is 5.32 Å². The molecule has 0 aliphatic carbocycles. The minimum atomic E-state index is -0.599. The largest absolute Gasteiger partial charge is 0.387 e. The van der Waals surface area contributed by atoms with Crippen molar-refractivity contribution in [2.24, 2.45) is 0 Å². The van der Waals surface area contributed by atoms with Crippen LogP contribution in [0.15, 0.2) is 53.8 Å². The quantitative estimate of drug-likeness (QED) is 0.706. The van der Waals surface area contributed by atoms with E-state index in [0.29, 0.717) is 18.0 Å². The van der Waals surface area contributed by atoms with Gasteiger partial charge in [-0.05, 0) is 36.1 Å². The van der Waals surface area contributed by atoms with E-state index in [1.54, 1.807) is 18.0 Å². The van der Waals surface area contributed by atoms with Gasteiger partial charge < -0.3 is 10.4 Å². The van der Waals surface area contributed by atoms with E-state index in [9.17, 15) is 5.11 Å². The molecular formula is C16H16N4OS. The number of pyridine rings is 1. The summed E-state index contributed by atoms with van der Waals surface area (Å²) in [6, 6.07) is 11.6. The standard InChI is InChI=1S/C16H16N4OS/c1-22-12-6-4-11(5-7-12)14(21)9-18-16-13-3-2-8-17-15(13)19-10-20-16/h2-8,10,14,21H,9H2,1H3,(H,17,18,19,20). The topological polar surface area (TPSA) is 70.9 Å². The number of thioether (sulfide) groups is 1. The van der Waals surface area contributed by atoms with Gasteiger partial charge in [0.2, 0.25) is 0 Å². The van der Waals surface area contributed by atoms with Crippen LogP contribution in [-0.4, -0.2) is 32.9 Å². The minimum absolute atomic E-state index is 0.375. The fourth-order valence-corrected chi connectivity index (χ4v) is 2.58. The van der Waals surface area contributed by atoms with Gasteiger partial charge in [0.1, 0.15) is 12.1 Å². The Morgan fingerprint density at radius 2 is 1.95 bits per heavy atom. The van der Waals surface area contributed by atoms with Crippen LogP contribution in [0.25, 0.3) is 11.0 Å². The van der Waals surface area contributed by atoms with Gasteiger partial charge in [0.25, 0.3) is 0 Å². The SMILES string of the molecule is CSc1ccc(C(O)CNc2ncnc3ncccc23)cc1. The molecule has 0 bridgehead atoms. The van der Waals surface area contributed by atoms with Gasteiger partial charge in [-0.1, -0.05) is 12.1 Å². The number of fused-ring (bicyclic) bond motifs is 1. The van der Waals surface area contributed by atoms with Gasteiger partial charge in [-0.25, -0.2) is 15.0 Å². The maximum Gasteiger partial charge on any atom is 0.164 e.